The minimum Gasteiger partial charge on any atom is -0.357 e. The summed E-state index contributed by atoms with van der Waals surface area (Å²) < 4.78 is 1.45. The summed E-state index contributed by atoms with van der Waals surface area (Å²) >= 11 is 0. The van der Waals surface area contributed by atoms with E-state index in [1.165, 1.54) is 17.4 Å². The Morgan fingerprint density at radius 1 is 1.17 bits per heavy atom. The second-order valence-corrected chi connectivity index (χ2v) is 10.6. The van der Waals surface area contributed by atoms with Crippen molar-refractivity contribution in [2.75, 3.05) is 18.0 Å². The smallest absolute Gasteiger partial charge is 0.330 e. The molecule has 0 bridgehead atoms. The van der Waals surface area contributed by atoms with E-state index in [1.807, 2.05) is 39.8 Å². The number of hydrogen-bond acceptors (Lipinski definition) is 6. The number of carbonyl (C=O) groups excluding carboxylic acids is 1. The van der Waals surface area contributed by atoms with Gasteiger partial charge in [-0.1, -0.05) is 40.7 Å². The van der Waals surface area contributed by atoms with Crippen molar-refractivity contribution >= 4 is 22.8 Å². The van der Waals surface area contributed by atoms with E-state index in [2.05, 4.69) is 32.1 Å². The molecule has 0 radical (unpaired) electrons. The number of anilines is 1. The van der Waals surface area contributed by atoms with Gasteiger partial charge in [0.25, 0.3) is 11.5 Å². The van der Waals surface area contributed by atoms with Crippen LogP contribution >= 0.6 is 0 Å². The van der Waals surface area contributed by atoms with Crippen LogP contribution in [0.5, 0.6) is 0 Å². The predicted octanol–water partition coefficient (Wildman–Crippen LogP) is 3.43. The highest BCUT2D eigenvalue weighted by Gasteiger charge is 2.21. The Balaban J connectivity index is 1.61. The van der Waals surface area contributed by atoms with E-state index in [9.17, 15) is 14.4 Å². The third-order valence-corrected chi connectivity index (χ3v) is 6.72. The molecule has 0 atom stereocenters. The Kier molecular flexibility index (Phi) is 7.56. The molecule has 0 saturated carbocycles. The highest BCUT2D eigenvalue weighted by molar-refractivity contribution is 6.05. The SMILES string of the molecule is CC(C)Cn1c(=O)[nH]c(=O)c2c(C(=O)NCc3ccc(N4CCC(C)CC4)nc3)cc(C(C)C)nc21. The molecule has 4 rings (SSSR count). The third-order valence-electron chi connectivity index (χ3n) is 6.72. The zero-order valence-corrected chi connectivity index (χ0v) is 21.8. The van der Waals surface area contributed by atoms with Crippen molar-refractivity contribution in [3.05, 3.63) is 62.1 Å². The maximum atomic E-state index is 13.3. The molecule has 36 heavy (non-hydrogen) atoms. The van der Waals surface area contributed by atoms with Crippen LogP contribution in [0.2, 0.25) is 0 Å². The summed E-state index contributed by atoms with van der Waals surface area (Å²) in [5.41, 5.74) is 0.854. The second kappa shape index (κ2) is 10.6. The number of rotatable bonds is 7. The number of piperidine rings is 1. The van der Waals surface area contributed by atoms with Crippen LogP contribution < -0.4 is 21.5 Å². The molecule has 3 aromatic rings. The third kappa shape index (κ3) is 5.50. The van der Waals surface area contributed by atoms with E-state index >= 15 is 0 Å². The number of carbonyl (C=O) groups is 1. The van der Waals surface area contributed by atoms with Gasteiger partial charge in [-0.05, 0) is 48.3 Å². The highest BCUT2D eigenvalue weighted by Crippen LogP contribution is 2.22. The van der Waals surface area contributed by atoms with Gasteiger partial charge in [-0.15, -0.1) is 0 Å². The van der Waals surface area contributed by atoms with Crippen LogP contribution in [-0.2, 0) is 13.1 Å². The molecule has 0 aliphatic carbocycles. The van der Waals surface area contributed by atoms with Crippen LogP contribution in [-0.4, -0.2) is 38.5 Å². The van der Waals surface area contributed by atoms with Gasteiger partial charge in [-0.25, -0.2) is 14.8 Å². The molecule has 1 saturated heterocycles. The Labute approximate surface area is 211 Å². The molecule has 0 aromatic carbocycles. The topological polar surface area (TPSA) is 113 Å². The molecule has 3 aromatic heterocycles. The molecule has 1 amide bonds. The monoisotopic (exact) mass is 492 g/mol. The lowest BCUT2D eigenvalue weighted by molar-refractivity contribution is 0.0952. The molecule has 1 aliphatic heterocycles. The van der Waals surface area contributed by atoms with Crippen molar-refractivity contribution in [3.63, 3.8) is 0 Å². The molecule has 1 fully saturated rings. The Bertz CT molecular complexity index is 1350. The molecule has 2 N–H and O–H groups in total. The van der Waals surface area contributed by atoms with Gasteiger partial charge in [0.15, 0.2) is 5.65 Å². The number of amides is 1. The van der Waals surface area contributed by atoms with Crippen LogP contribution in [0.15, 0.2) is 34.0 Å². The largest absolute Gasteiger partial charge is 0.357 e. The highest BCUT2D eigenvalue weighted by atomic mass is 16.2. The summed E-state index contributed by atoms with van der Waals surface area (Å²) in [4.78, 5) is 52.6. The van der Waals surface area contributed by atoms with Crippen molar-refractivity contribution in [2.45, 2.75) is 66.5 Å². The first kappa shape index (κ1) is 25.6. The van der Waals surface area contributed by atoms with E-state index in [0.717, 1.165) is 30.4 Å². The van der Waals surface area contributed by atoms with Gasteiger partial charge in [0.05, 0.1) is 10.9 Å². The first-order valence-corrected chi connectivity index (χ1v) is 12.8. The van der Waals surface area contributed by atoms with Gasteiger partial charge in [0, 0.05) is 38.1 Å². The average Bonchev–Trinajstić information content (AvgIpc) is 2.85. The summed E-state index contributed by atoms with van der Waals surface area (Å²) in [7, 11) is 0. The van der Waals surface area contributed by atoms with Gasteiger partial charge in [-0.2, -0.15) is 0 Å². The van der Waals surface area contributed by atoms with Crippen molar-refractivity contribution in [3.8, 4) is 0 Å². The van der Waals surface area contributed by atoms with Gasteiger partial charge in [-0.3, -0.25) is 19.1 Å². The van der Waals surface area contributed by atoms with E-state index in [4.69, 9.17) is 0 Å². The molecule has 1 aliphatic rings. The molecule has 9 nitrogen and oxygen atoms in total. The quantitative estimate of drug-likeness (QED) is 0.523. The summed E-state index contributed by atoms with van der Waals surface area (Å²) in [5, 5.41) is 3.05. The molecule has 0 unspecified atom stereocenters. The van der Waals surface area contributed by atoms with Crippen LogP contribution in [0.4, 0.5) is 5.82 Å². The Morgan fingerprint density at radius 2 is 1.89 bits per heavy atom. The van der Waals surface area contributed by atoms with Crippen LogP contribution in [0, 0.1) is 11.8 Å². The lowest BCUT2D eigenvalue weighted by Gasteiger charge is -2.31. The molecule has 0 spiro atoms. The molecule has 192 valence electrons. The number of nitrogens with one attached hydrogen (secondary N) is 2. The van der Waals surface area contributed by atoms with Gasteiger partial charge >= 0.3 is 5.69 Å². The Morgan fingerprint density at radius 3 is 2.50 bits per heavy atom. The molecular formula is C27H36N6O3. The maximum Gasteiger partial charge on any atom is 0.330 e. The van der Waals surface area contributed by atoms with E-state index in [-0.39, 0.29) is 35.0 Å². The first-order chi connectivity index (χ1) is 17.1. The number of pyridine rings is 2. The normalized spacial score (nSPS) is 14.7. The van der Waals surface area contributed by atoms with Crippen molar-refractivity contribution < 1.29 is 4.79 Å². The number of hydrogen-bond donors (Lipinski definition) is 2. The average molecular weight is 493 g/mol. The number of aromatic nitrogens is 4. The standard InChI is InChI=1S/C27H36N6O3/c1-16(2)15-33-24-23(26(35)31-27(33)36)20(12-21(30-24)17(3)4)25(34)29-14-19-6-7-22(28-13-19)32-10-8-18(5)9-11-32/h6-7,12-13,16-18H,8-11,14-15H2,1-5H3,(H,29,34)(H,31,35,36). The first-order valence-electron chi connectivity index (χ1n) is 12.8. The molecule has 4 heterocycles. The summed E-state index contributed by atoms with van der Waals surface area (Å²) in [6.45, 7) is 12.8. The number of fused-ring (bicyclic) bond motifs is 1. The minimum atomic E-state index is -0.607. The lowest BCUT2D eigenvalue weighted by Crippen LogP contribution is -2.34. The van der Waals surface area contributed by atoms with Crippen LogP contribution in [0.25, 0.3) is 11.0 Å². The van der Waals surface area contributed by atoms with E-state index in [1.54, 1.807) is 12.3 Å². The minimum absolute atomic E-state index is 0.0114. The van der Waals surface area contributed by atoms with E-state index in [0.29, 0.717) is 12.2 Å². The number of aromatic amines is 1. The number of H-pyrrole nitrogens is 1. The summed E-state index contributed by atoms with van der Waals surface area (Å²) in [6, 6.07) is 5.61. The Hall–Kier alpha value is -3.49. The van der Waals surface area contributed by atoms with Gasteiger partial charge < -0.3 is 10.2 Å². The zero-order chi connectivity index (χ0) is 26.0. The summed E-state index contributed by atoms with van der Waals surface area (Å²) in [5.74, 6) is 1.48. The fraction of sp³-hybridized carbons (Fsp3) is 0.519. The van der Waals surface area contributed by atoms with Gasteiger partial charge in [0.2, 0.25) is 0 Å². The number of nitrogens with zero attached hydrogens (tertiary/aromatic N) is 4. The second-order valence-electron chi connectivity index (χ2n) is 10.6. The van der Waals surface area contributed by atoms with Crippen molar-refractivity contribution in [1.29, 1.82) is 0 Å². The van der Waals surface area contributed by atoms with Crippen LogP contribution in [0.3, 0.4) is 0 Å². The van der Waals surface area contributed by atoms with Crippen molar-refractivity contribution in [2.24, 2.45) is 11.8 Å². The fourth-order valence-corrected chi connectivity index (χ4v) is 4.53. The molecule has 9 heteroatoms. The summed E-state index contributed by atoms with van der Waals surface area (Å²) in [6.07, 6.45) is 4.12. The zero-order valence-electron chi connectivity index (χ0n) is 21.8. The fourth-order valence-electron chi connectivity index (χ4n) is 4.53. The maximum absolute atomic E-state index is 13.3. The van der Waals surface area contributed by atoms with Crippen LogP contribution in [0.1, 0.15) is 75.0 Å². The van der Waals surface area contributed by atoms with E-state index < -0.39 is 17.2 Å². The predicted molar refractivity (Wildman–Crippen MR) is 142 cm³/mol. The lowest BCUT2D eigenvalue weighted by atomic mass is 9.99. The van der Waals surface area contributed by atoms with Crippen molar-refractivity contribution in [1.82, 2.24) is 24.8 Å². The molecular weight excluding hydrogens is 456 g/mol. The van der Waals surface area contributed by atoms with Gasteiger partial charge in [0.1, 0.15) is 5.82 Å².